The second kappa shape index (κ2) is 8.24. The van der Waals surface area contributed by atoms with Gasteiger partial charge >= 0.3 is 0 Å². The van der Waals surface area contributed by atoms with Crippen molar-refractivity contribution in [2.45, 2.75) is 39.3 Å². The summed E-state index contributed by atoms with van der Waals surface area (Å²) in [7, 11) is -1.86. The van der Waals surface area contributed by atoms with Gasteiger partial charge in [0.1, 0.15) is 6.61 Å². The predicted octanol–water partition coefficient (Wildman–Crippen LogP) is 0.277. The minimum Gasteiger partial charge on any atom is -0.375 e. The average molecular weight is 374 g/mol. The summed E-state index contributed by atoms with van der Waals surface area (Å²) in [6.45, 7) is 5.31. The Morgan fingerprint density at radius 3 is 2.68 bits per heavy atom. The van der Waals surface area contributed by atoms with Crippen LogP contribution in [0.25, 0.3) is 0 Å². The molecule has 2 heterocycles. The molecule has 0 unspecified atom stereocenters. The van der Waals surface area contributed by atoms with Gasteiger partial charge in [0.05, 0.1) is 12.3 Å². The molecule has 0 radical (unpaired) electrons. The molecule has 9 nitrogen and oxygen atoms in total. The van der Waals surface area contributed by atoms with Crippen LogP contribution in [-0.4, -0.2) is 72.7 Å². The smallest absolute Gasteiger partial charge is 0.252 e. The van der Waals surface area contributed by atoms with E-state index in [-0.39, 0.29) is 31.0 Å². The molecule has 0 aromatic carbocycles. The first kappa shape index (κ1) is 19.8. The molecule has 0 atom stereocenters. The van der Waals surface area contributed by atoms with Gasteiger partial charge in [-0.15, -0.1) is 0 Å². The number of carbonyl (C=O) groups is 1. The van der Waals surface area contributed by atoms with Crippen LogP contribution in [-0.2, 0) is 32.6 Å². The average Bonchev–Trinajstić information content (AvgIpc) is 2.86. The van der Waals surface area contributed by atoms with Crippen LogP contribution in [0.5, 0.6) is 0 Å². The van der Waals surface area contributed by atoms with Gasteiger partial charge < -0.3 is 14.2 Å². The summed E-state index contributed by atoms with van der Waals surface area (Å²) >= 11 is 0. The van der Waals surface area contributed by atoms with Gasteiger partial charge in [-0.05, 0) is 5.92 Å². The number of methoxy groups -OCH3 is 1. The normalized spacial score (nSPS) is 15.8. The molecule has 1 aliphatic rings. The number of likely N-dealkylation sites (tertiary alicyclic amines) is 1. The highest BCUT2D eigenvalue weighted by molar-refractivity contribution is 7.88. The lowest BCUT2D eigenvalue weighted by Gasteiger charge is -2.44. The van der Waals surface area contributed by atoms with Crippen LogP contribution in [0.4, 0.5) is 0 Å². The minimum atomic E-state index is -3.39. The van der Waals surface area contributed by atoms with Gasteiger partial charge in [0.15, 0.2) is 5.82 Å². The number of ether oxygens (including phenoxy) is 1. The summed E-state index contributed by atoms with van der Waals surface area (Å²) in [5, 5.41) is 3.82. The van der Waals surface area contributed by atoms with Crippen LogP contribution < -0.4 is 0 Å². The zero-order chi connectivity index (χ0) is 18.6. The number of carbonyl (C=O) groups excluding carboxylic acids is 1. The van der Waals surface area contributed by atoms with Crippen molar-refractivity contribution in [3.8, 4) is 0 Å². The maximum Gasteiger partial charge on any atom is 0.252 e. The molecule has 0 bridgehead atoms. The number of hydrogen-bond acceptors (Lipinski definition) is 7. The first-order valence-electron chi connectivity index (χ1n) is 8.25. The van der Waals surface area contributed by atoms with Crippen molar-refractivity contribution in [2.75, 3.05) is 33.0 Å². The van der Waals surface area contributed by atoms with Gasteiger partial charge in [0.2, 0.25) is 15.9 Å². The second-order valence-corrected chi connectivity index (χ2v) is 8.65. The van der Waals surface area contributed by atoms with Crippen molar-refractivity contribution in [1.29, 1.82) is 0 Å². The standard InChI is InChI=1S/C15H26N4O5S/c1-11(2)7-15(20)18-8-12(9-18)19(25(4,21)22)6-5-13-16-14(10-23-3)24-17-13/h11-12H,5-10H2,1-4H3. The lowest BCUT2D eigenvalue weighted by atomic mass is 10.0. The van der Waals surface area contributed by atoms with Crippen molar-refractivity contribution in [3.05, 3.63) is 11.7 Å². The predicted molar refractivity (Wildman–Crippen MR) is 90.1 cm³/mol. The lowest BCUT2D eigenvalue weighted by Crippen LogP contribution is -2.62. The third kappa shape index (κ3) is 5.48. The molecule has 1 saturated heterocycles. The minimum absolute atomic E-state index is 0.0714. The number of rotatable bonds is 9. The number of aromatic nitrogens is 2. The van der Waals surface area contributed by atoms with E-state index in [1.165, 1.54) is 17.7 Å². The molecular weight excluding hydrogens is 348 g/mol. The highest BCUT2D eigenvalue weighted by Gasteiger charge is 2.38. The molecular formula is C15H26N4O5S. The molecule has 0 saturated carbocycles. The summed E-state index contributed by atoms with van der Waals surface area (Å²) < 4.78 is 35.5. The summed E-state index contributed by atoms with van der Waals surface area (Å²) in [6, 6.07) is -0.198. The Labute approximate surface area is 148 Å². The van der Waals surface area contributed by atoms with Gasteiger partial charge in [-0.2, -0.15) is 9.29 Å². The zero-order valence-corrected chi connectivity index (χ0v) is 16.0. The molecule has 0 N–H and O–H groups in total. The summed E-state index contributed by atoms with van der Waals surface area (Å²) in [5.74, 6) is 1.16. The molecule has 1 aromatic rings. The summed E-state index contributed by atoms with van der Waals surface area (Å²) in [4.78, 5) is 17.9. The van der Waals surface area contributed by atoms with Crippen molar-refractivity contribution in [1.82, 2.24) is 19.3 Å². The Hall–Kier alpha value is -1.52. The van der Waals surface area contributed by atoms with E-state index < -0.39 is 10.0 Å². The fourth-order valence-electron chi connectivity index (χ4n) is 2.72. The molecule has 1 aromatic heterocycles. The lowest BCUT2D eigenvalue weighted by molar-refractivity contribution is -0.138. The molecule has 25 heavy (non-hydrogen) atoms. The van der Waals surface area contributed by atoms with Gasteiger partial charge in [0.25, 0.3) is 5.89 Å². The molecule has 1 aliphatic heterocycles. The largest absolute Gasteiger partial charge is 0.375 e. The number of hydrogen-bond donors (Lipinski definition) is 0. The first-order chi connectivity index (χ1) is 11.7. The van der Waals surface area contributed by atoms with Gasteiger partial charge in [0, 0.05) is 39.6 Å². The van der Waals surface area contributed by atoms with Crippen LogP contribution in [0.2, 0.25) is 0 Å². The van der Waals surface area contributed by atoms with E-state index in [1.54, 1.807) is 4.90 Å². The molecule has 142 valence electrons. The van der Waals surface area contributed by atoms with Crippen molar-refractivity contribution in [2.24, 2.45) is 5.92 Å². The number of sulfonamides is 1. The van der Waals surface area contributed by atoms with Crippen LogP contribution in [0.3, 0.4) is 0 Å². The molecule has 1 amide bonds. The quantitative estimate of drug-likeness (QED) is 0.611. The summed E-state index contributed by atoms with van der Waals surface area (Å²) in [5.41, 5.74) is 0. The molecule has 1 fully saturated rings. The van der Waals surface area contributed by atoms with Crippen LogP contribution >= 0.6 is 0 Å². The Balaban J connectivity index is 1.91. The van der Waals surface area contributed by atoms with E-state index >= 15 is 0 Å². The topological polar surface area (TPSA) is 106 Å². The van der Waals surface area contributed by atoms with Crippen LogP contribution in [0.1, 0.15) is 32.0 Å². The Morgan fingerprint density at radius 2 is 2.12 bits per heavy atom. The fourth-order valence-corrected chi connectivity index (χ4v) is 3.82. The van der Waals surface area contributed by atoms with E-state index in [2.05, 4.69) is 10.1 Å². The fraction of sp³-hybridized carbons (Fsp3) is 0.800. The Bertz CT molecular complexity index is 682. The van der Waals surface area contributed by atoms with E-state index in [4.69, 9.17) is 9.26 Å². The molecule has 0 spiro atoms. The highest BCUT2D eigenvalue weighted by atomic mass is 32.2. The number of nitrogens with zero attached hydrogens (tertiary/aromatic N) is 4. The van der Waals surface area contributed by atoms with E-state index in [9.17, 15) is 13.2 Å². The summed E-state index contributed by atoms with van der Waals surface area (Å²) in [6.07, 6.45) is 2.01. The SMILES string of the molecule is COCc1nc(CCN(C2CN(C(=O)CC(C)C)C2)S(C)(=O)=O)no1. The van der Waals surface area contributed by atoms with Gasteiger partial charge in [-0.3, -0.25) is 4.79 Å². The molecule has 0 aliphatic carbocycles. The Kier molecular flexibility index (Phi) is 6.53. The van der Waals surface area contributed by atoms with Gasteiger partial charge in [-0.25, -0.2) is 8.42 Å². The molecule has 2 rings (SSSR count). The zero-order valence-electron chi connectivity index (χ0n) is 15.1. The highest BCUT2D eigenvalue weighted by Crippen LogP contribution is 2.20. The van der Waals surface area contributed by atoms with E-state index in [1.807, 2.05) is 13.8 Å². The van der Waals surface area contributed by atoms with Crippen molar-refractivity contribution < 1.29 is 22.5 Å². The van der Waals surface area contributed by atoms with E-state index in [0.29, 0.717) is 37.6 Å². The van der Waals surface area contributed by atoms with Crippen LogP contribution in [0, 0.1) is 5.92 Å². The van der Waals surface area contributed by atoms with E-state index in [0.717, 1.165) is 0 Å². The maximum atomic E-state index is 12.1. The maximum absolute atomic E-state index is 12.1. The monoisotopic (exact) mass is 374 g/mol. The molecule has 10 heteroatoms. The van der Waals surface area contributed by atoms with Gasteiger partial charge in [-0.1, -0.05) is 19.0 Å². The second-order valence-electron chi connectivity index (χ2n) is 6.71. The third-order valence-electron chi connectivity index (χ3n) is 3.96. The van der Waals surface area contributed by atoms with Crippen molar-refractivity contribution in [3.63, 3.8) is 0 Å². The first-order valence-corrected chi connectivity index (χ1v) is 10.1. The van der Waals surface area contributed by atoms with Crippen molar-refractivity contribution >= 4 is 15.9 Å². The number of amides is 1. The third-order valence-corrected chi connectivity index (χ3v) is 5.30. The Morgan fingerprint density at radius 1 is 1.44 bits per heavy atom. The van der Waals surface area contributed by atoms with Crippen LogP contribution in [0.15, 0.2) is 4.52 Å².